The second kappa shape index (κ2) is 5.09. The van der Waals surface area contributed by atoms with Gasteiger partial charge in [0.25, 0.3) is 0 Å². The van der Waals surface area contributed by atoms with E-state index in [-0.39, 0.29) is 0 Å². The van der Waals surface area contributed by atoms with Crippen LogP contribution in [0.5, 0.6) is 0 Å². The van der Waals surface area contributed by atoms with Crippen molar-refractivity contribution in [2.75, 3.05) is 0 Å². The van der Waals surface area contributed by atoms with Crippen LogP contribution >= 0.6 is 0 Å². The van der Waals surface area contributed by atoms with Crippen LogP contribution in [0.15, 0.2) is 42.0 Å². The molecule has 1 fully saturated rings. The molecule has 0 amide bonds. The number of nitrogens with zero attached hydrogens (tertiary/aromatic N) is 4. The third-order valence-electron chi connectivity index (χ3n) is 2.97. The molecule has 2 aromatic rings. The molecule has 0 spiro atoms. The van der Waals surface area contributed by atoms with Gasteiger partial charge in [0.05, 0.1) is 6.54 Å². The number of nitrogens with two attached hydrogens (primary N) is 1. The Morgan fingerprint density at radius 2 is 2.37 bits per heavy atom. The zero-order chi connectivity index (χ0) is 13.1. The molecule has 6 heteroatoms. The predicted molar refractivity (Wildman–Crippen MR) is 72.8 cm³/mol. The molecule has 0 aromatic carbocycles. The lowest BCUT2D eigenvalue weighted by molar-refractivity contribution is 0.871. The van der Waals surface area contributed by atoms with Crippen molar-refractivity contribution in [2.45, 2.75) is 25.4 Å². The molecule has 0 saturated heterocycles. The van der Waals surface area contributed by atoms with Gasteiger partial charge in [-0.25, -0.2) is 15.0 Å². The van der Waals surface area contributed by atoms with Crippen LogP contribution < -0.4 is 11.1 Å². The van der Waals surface area contributed by atoms with Crippen molar-refractivity contribution < 1.29 is 0 Å². The maximum Gasteiger partial charge on any atom is 0.189 e. The van der Waals surface area contributed by atoms with E-state index >= 15 is 0 Å². The van der Waals surface area contributed by atoms with E-state index in [0.29, 0.717) is 18.5 Å². The average Bonchev–Trinajstić information content (AvgIpc) is 3.07. The largest absolute Gasteiger partial charge is 0.370 e. The first-order valence-corrected chi connectivity index (χ1v) is 6.31. The highest BCUT2D eigenvalue weighted by Gasteiger charge is 2.21. The number of hydrogen-bond donors (Lipinski definition) is 2. The molecule has 1 aliphatic rings. The fraction of sp³-hybridized carbons (Fsp3) is 0.308. The van der Waals surface area contributed by atoms with E-state index in [1.807, 2.05) is 22.9 Å². The molecule has 0 radical (unpaired) electrons. The van der Waals surface area contributed by atoms with Gasteiger partial charge in [-0.05, 0) is 18.9 Å². The minimum atomic E-state index is 0.503. The summed E-state index contributed by atoms with van der Waals surface area (Å²) in [4.78, 5) is 12.8. The molecule has 2 aromatic heterocycles. The minimum absolute atomic E-state index is 0.503. The van der Waals surface area contributed by atoms with E-state index in [1.165, 1.54) is 12.8 Å². The van der Waals surface area contributed by atoms with Crippen LogP contribution in [0.2, 0.25) is 0 Å². The summed E-state index contributed by atoms with van der Waals surface area (Å²) in [5, 5.41) is 3.17. The number of aromatic nitrogens is 3. The summed E-state index contributed by atoms with van der Waals surface area (Å²) in [6.45, 7) is 0.507. The molecule has 0 unspecified atom stereocenters. The summed E-state index contributed by atoms with van der Waals surface area (Å²) in [6, 6.07) is 4.41. The van der Waals surface area contributed by atoms with Crippen LogP contribution in [0.3, 0.4) is 0 Å². The van der Waals surface area contributed by atoms with E-state index in [2.05, 4.69) is 20.3 Å². The van der Waals surface area contributed by atoms with Gasteiger partial charge in [-0.1, -0.05) is 6.07 Å². The molecule has 0 atom stereocenters. The van der Waals surface area contributed by atoms with E-state index in [1.54, 1.807) is 18.7 Å². The second-order valence-corrected chi connectivity index (χ2v) is 4.58. The van der Waals surface area contributed by atoms with Crippen LogP contribution in [0, 0.1) is 0 Å². The quantitative estimate of drug-likeness (QED) is 0.627. The second-order valence-electron chi connectivity index (χ2n) is 4.58. The number of imidazole rings is 1. The van der Waals surface area contributed by atoms with Gasteiger partial charge < -0.3 is 11.1 Å². The molecule has 1 saturated carbocycles. The van der Waals surface area contributed by atoms with Crippen LogP contribution in [0.1, 0.15) is 18.4 Å². The number of guanidine groups is 1. The lowest BCUT2D eigenvalue weighted by atomic mass is 10.2. The molecular weight excluding hydrogens is 240 g/mol. The maximum atomic E-state index is 5.83. The molecule has 0 bridgehead atoms. The topological polar surface area (TPSA) is 81.1 Å². The summed E-state index contributed by atoms with van der Waals surface area (Å²) < 4.78 is 1.87. The molecule has 3 N–H and O–H groups in total. The monoisotopic (exact) mass is 256 g/mol. The zero-order valence-electron chi connectivity index (χ0n) is 10.5. The molecule has 0 aliphatic heterocycles. The molecule has 6 nitrogen and oxygen atoms in total. The van der Waals surface area contributed by atoms with Gasteiger partial charge in [-0.3, -0.25) is 4.57 Å². The van der Waals surface area contributed by atoms with E-state index in [4.69, 9.17) is 5.73 Å². The van der Waals surface area contributed by atoms with Gasteiger partial charge in [0.1, 0.15) is 12.1 Å². The number of aliphatic imine (C=N–C) groups is 1. The van der Waals surface area contributed by atoms with E-state index in [0.717, 1.165) is 11.4 Å². The fourth-order valence-corrected chi connectivity index (χ4v) is 1.82. The van der Waals surface area contributed by atoms with Crippen molar-refractivity contribution in [3.8, 4) is 5.82 Å². The Morgan fingerprint density at radius 3 is 3.11 bits per heavy atom. The first-order chi connectivity index (χ1) is 9.33. The molecular formula is C13H16N6. The SMILES string of the molecule is NC(=NCc1cccnc1-n1ccnc1)NC1CC1. The number of nitrogens with one attached hydrogen (secondary N) is 1. The lowest BCUT2D eigenvalue weighted by Gasteiger charge is -2.07. The van der Waals surface area contributed by atoms with Gasteiger partial charge in [0.15, 0.2) is 5.96 Å². The van der Waals surface area contributed by atoms with Crippen molar-refractivity contribution in [1.29, 1.82) is 0 Å². The van der Waals surface area contributed by atoms with Crippen molar-refractivity contribution in [3.63, 3.8) is 0 Å². The van der Waals surface area contributed by atoms with Crippen molar-refractivity contribution in [2.24, 2.45) is 10.7 Å². The van der Waals surface area contributed by atoms with Gasteiger partial charge in [0.2, 0.25) is 0 Å². The van der Waals surface area contributed by atoms with Crippen LogP contribution in [-0.4, -0.2) is 26.5 Å². The molecule has 2 heterocycles. The number of hydrogen-bond acceptors (Lipinski definition) is 3. The molecule has 3 rings (SSSR count). The minimum Gasteiger partial charge on any atom is -0.370 e. The summed E-state index contributed by atoms with van der Waals surface area (Å²) in [5.74, 6) is 1.34. The first-order valence-electron chi connectivity index (χ1n) is 6.31. The Hall–Kier alpha value is -2.37. The number of rotatable bonds is 4. The summed E-state index contributed by atoms with van der Waals surface area (Å²) in [6.07, 6.45) is 9.44. The van der Waals surface area contributed by atoms with Crippen molar-refractivity contribution in [3.05, 3.63) is 42.6 Å². The zero-order valence-corrected chi connectivity index (χ0v) is 10.5. The Kier molecular flexibility index (Phi) is 3.14. The van der Waals surface area contributed by atoms with Gasteiger partial charge >= 0.3 is 0 Å². The van der Waals surface area contributed by atoms with Crippen LogP contribution in [0.4, 0.5) is 0 Å². The highest BCUT2D eigenvalue weighted by atomic mass is 15.1. The highest BCUT2D eigenvalue weighted by molar-refractivity contribution is 5.78. The molecule has 98 valence electrons. The van der Waals surface area contributed by atoms with Gasteiger partial charge in [0, 0.05) is 30.2 Å². The lowest BCUT2D eigenvalue weighted by Crippen LogP contribution is -2.33. The summed E-state index contributed by atoms with van der Waals surface area (Å²) in [7, 11) is 0. The van der Waals surface area contributed by atoms with Gasteiger partial charge in [-0.15, -0.1) is 0 Å². The Morgan fingerprint density at radius 1 is 1.47 bits per heavy atom. The normalized spacial score (nSPS) is 15.5. The third-order valence-corrected chi connectivity index (χ3v) is 2.97. The Labute approximate surface area is 111 Å². The fourth-order valence-electron chi connectivity index (χ4n) is 1.82. The van der Waals surface area contributed by atoms with E-state index in [9.17, 15) is 0 Å². The molecule has 1 aliphatic carbocycles. The summed E-state index contributed by atoms with van der Waals surface area (Å²) >= 11 is 0. The van der Waals surface area contributed by atoms with Crippen LogP contribution in [-0.2, 0) is 6.54 Å². The highest BCUT2D eigenvalue weighted by Crippen LogP contribution is 2.18. The number of pyridine rings is 1. The predicted octanol–water partition coefficient (Wildman–Crippen LogP) is 0.834. The van der Waals surface area contributed by atoms with Gasteiger partial charge in [-0.2, -0.15) is 0 Å². The Bertz CT molecular complexity index is 571. The van der Waals surface area contributed by atoms with Crippen molar-refractivity contribution >= 4 is 5.96 Å². The first kappa shape index (κ1) is 11.7. The third kappa shape index (κ3) is 2.90. The van der Waals surface area contributed by atoms with Crippen molar-refractivity contribution in [1.82, 2.24) is 19.9 Å². The average molecular weight is 256 g/mol. The smallest absolute Gasteiger partial charge is 0.189 e. The van der Waals surface area contributed by atoms with Crippen LogP contribution in [0.25, 0.3) is 5.82 Å². The Balaban J connectivity index is 1.77. The maximum absolute atomic E-state index is 5.83. The standard InChI is InChI=1S/C13H16N6/c14-13(18-11-3-4-11)17-8-10-2-1-5-16-12(10)19-7-6-15-9-19/h1-2,5-7,9,11H,3-4,8H2,(H3,14,17,18). The van der Waals surface area contributed by atoms with E-state index < -0.39 is 0 Å². The summed E-state index contributed by atoms with van der Waals surface area (Å²) in [5.41, 5.74) is 6.85. The molecule has 19 heavy (non-hydrogen) atoms.